The Balaban J connectivity index is 1.90. The van der Waals surface area contributed by atoms with Gasteiger partial charge in [-0.25, -0.2) is 9.37 Å². The smallest absolute Gasteiger partial charge is 0.319 e. The van der Waals surface area contributed by atoms with E-state index in [1.807, 2.05) is 0 Å². The van der Waals surface area contributed by atoms with E-state index in [1.54, 1.807) is 42.7 Å². The minimum absolute atomic E-state index is 0.0699. The molecule has 3 rings (SSSR count). The maximum absolute atomic E-state index is 14.2. The molecule has 0 atom stereocenters. The Labute approximate surface area is 154 Å². The van der Waals surface area contributed by atoms with Crippen molar-refractivity contribution in [3.63, 3.8) is 0 Å². The highest BCUT2D eigenvalue weighted by molar-refractivity contribution is 5.95. The Morgan fingerprint density at radius 3 is 2.63 bits per heavy atom. The van der Waals surface area contributed by atoms with E-state index in [4.69, 9.17) is 0 Å². The van der Waals surface area contributed by atoms with Crippen LogP contribution in [0.3, 0.4) is 0 Å². The summed E-state index contributed by atoms with van der Waals surface area (Å²) < 4.78 is 42.5. The van der Waals surface area contributed by atoms with E-state index in [-0.39, 0.29) is 18.3 Å². The molecular weight excluding hydrogens is 357 g/mol. The zero-order valence-electron chi connectivity index (χ0n) is 15.2. The fourth-order valence-corrected chi connectivity index (χ4v) is 3.12. The van der Waals surface area contributed by atoms with Crippen LogP contribution in [0, 0.1) is 19.7 Å². The van der Waals surface area contributed by atoms with Gasteiger partial charge < -0.3 is 9.47 Å². The van der Waals surface area contributed by atoms with Crippen LogP contribution in [-0.4, -0.2) is 32.0 Å². The summed E-state index contributed by atoms with van der Waals surface area (Å²) in [6.07, 6.45) is 2.44. The van der Waals surface area contributed by atoms with Gasteiger partial charge in [-0.1, -0.05) is 12.1 Å². The third kappa shape index (κ3) is 3.47. The molecule has 0 aliphatic heterocycles. The molecule has 0 N–H and O–H groups in total. The first-order valence-electron chi connectivity index (χ1n) is 8.30. The zero-order valence-corrected chi connectivity index (χ0v) is 15.2. The number of hydrogen-bond donors (Lipinski definition) is 0. The molecule has 5 nitrogen and oxygen atoms in total. The van der Waals surface area contributed by atoms with Gasteiger partial charge in [-0.15, -0.1) is 0 Å². The van der Waals surface area contributed by atoms with Gasteiger partial charge in [0.15, 0.2) is 0 Å². The predicted octanol–water partition coefficient (Wildman–Crippen LogP) is 4.10. The molecule has 1 aromatic carbocycles. The summed E-state index contributed by atoms with van der Waals surface area (Å²) in [4.78, 5) is 18.1. The molecule has 0 aliphatic rings. The van der Waals surface area contributed by atoms with Crippen LogP contribution >= 0.6 is 0 Å². The summed E-state index contributed by atoms with van der Waals surface area (Å²) in [5, 5.41) is 0. The molecule has 0 unspecified atom stereocenters. The Morgan fingerprint density at radius 1 is 1.26 bits per heavy atom. The number of para-hydroxylation sites is 1. The van der Waals surface area contributed by atoms with Crippen LogP contribution in [0.1, 0.15) is 34.1 Å². The highest BCUT2D eigenvalue weighted by Gasteiger charge is 2.22. The molecule has 0 radical (unpaired) electrons. The fourth-order valence-electron chi connectivity index (χ4n) is 3.12. The van der Waals surface area contributed by atoms with Crippen molar-refractivity contribution >= 4 is 5.91 Å². The van der Waals surface area contributed by atoms with Gasteiger partial charge in [-0.2, -0.15) is 8.78 Å². The maximum Gasteiger partial charge on any atom is 0.319 e. The largest absolute Gasteiger partial charge is 0.334 e. The monoisotopic (exact) mass is 376 g/mol. The van der Waals surface area contributed by atoms with Crippen LogP contribution in [0.2, 0.25) is 0 Å². The van der Waals surface area contributed by atoms with Crippen molar-refractivity contribution in [2.45, 2.75) is 26.9 Å². The number of carbonyl (C=O) groups excluding carboxylic acids is 1. The van der Waals surface area contributed by atoms with Crippen molar-refractivity contribution in [3.05, 3.63) is 71.3 Å². The molecule has 0 aliphatic carbocycles. The van der Waals surface area contributed by atoms with Gasteiger partial charge in [-0.05, 0) is 32.0 Å². The van der Waals surface area contributed by atoms with Gasteiger partial charge in [0.25, 0.3) is 5.91 Å². The molecule has 0 spiro atoms. The van der Waals surface area contributed by atoms with E-state index in [1.165, 1.54) is 30.4 Å². The quantitative estimate of drug-likeness (QED) is 0.673. The lowest BCUT2D eigenvalue weighted by atomic mass is 10.2. The van der Waals surface area contributed by atoms with Gasteiger partial charge in [0.1, 0.15) is 11.6 Å². The molecule has 0 bridgehead atoms. The van der Waals surface area contributed by atoms with Crippen molar-refractivity contribution in [1.82, 2.24) is 19.0 Å². The van der Waals surface area contributed by atoms with Gasteiger partial charge in [0.05, 0.1) is 17.8 Å². The van der Waals surface area contributed by atoms with Crippen LogP contribution in [0.5, 0.6) is 0 Å². The number of nitrogens with zero attached hydrogens (tertiary/aromatic N) is 4. The predicted molar refractivity (Wildman–Crippen MR) is 94.5 cm³/mol. The molecule has 8 heteroatoms. The SMILES string of the molecule is Cc1cc(C(=O)N(C)Cc2nccn2C(F)F)c(C)n1-c1ccccc1F. The Kier molecular flexibility index (Phi) is 5.07. The number of hydrogen-bond acceptors (Lipinski definition) is 2. The third-order valence-electron chi connectivity index (χ3n) is 4.44. The second-order valence-electron chi connectivity index (χ2n) is 6.26. The molecule has 0 fully saturated rings. The lowest BCUT2D eigenvalue weighted by Crippen LogP contribution is -2.28. The van der Waals surface area contributed by atoms with E-state index in [0.29, 0.717) is 27.2 Å². The fraction of sp³-hybridized carbons (Fsp3) is 0.263. The van der Waals surface area contributed by atoms with E-state index < -0.39 is 12.4 Å². The number of alkyl halides is 2. The van der Waals surface area contributed by atoms with E-state index in [2.05, 4.69) is 4.98 Å². The summed E-state index contributed by atoms with van der Waals surface area (Å²) in [5.74, 6) is -0.663. The molecule has 27 heavy (non-hydrogen) atoms. The summed E-state index contributed by atoms with van der Waals surface area (Å²) in [7, 11) is 1.52. The first-order chi connectivity index (χ1) is 12.8. The Bertz CT molecular complexity index is 977. The molecule has 2 heterocycles. The van der Waals surface area contributed by atoms with Gasteiger partial charge in [-0.3, -0.25) is 9.36 Å². The minimum atomic E-state index is -2.72. The molecule has 0 saturated heterocycles. The molecule has 1 amide bonds. The number of rotatable bonds is 5. The number of amides is 1. The highest BCUT2D eigenvalue weighted by atomic mass is 19.3. The maximum atomic E-state index is 14.2. The van der Waals surface area contributed by atoms with Crippen LogP contribution in [0.25, 0.3) is 5.69 Å². The van der Waals surface area contributed by atoms with Gasteiger partial charge in [0, 0.05) is 30.8 Å². The van der Waals surface area contributed by atoms with Crippen LogP contribution in [0.4, 0.5) is 13.2 Å². The van der Waals surface area contributed by atoms with Crippen molar-refractivity contribution in [1.29, 1.82) is 0 Å². The number of halogens is 3. The second kappa shape index (κ2) is 7.30. The average molecular weight is 376 g/mol. The molecule has 2 aromatic heterocycles. The summed E-state index contributed by atoms with van der Waals surface area (Å²) >= 11 is 0. The van der Waals surface area contributed by atoms with E-state index in [9.17, 15) is 18.0 Å². The molecule has 3 aromatic rings. The standard InChI is InChI=1S/C19H19F3N4O/c1-12-10-14(13(2)26(12)16-7-5-4-6-15(16)20)18(27)24(3)11-17-23-8-9-25(17)19(21)22/h4-10,19H,11H2,1-3H3. The topological polar surface area (TPSA) is 43.1 Å². The molecule has 0 saturated carbocycles. The summed E-state index contributed by atoms with van der Waals surface area (Å²) in [5.41, 5.74) is 2.01. The van der Waals surface area contributed by atoms with Gasteiger partial charge in [0.2, 0.25) is 0 Å². The lowest BCUT2D eigenvalue weighted by Gasteiger charge is -2.18. The van der Waals surface area contributed by atoms with Crippen molar-refractivity contribution < 1.29 is 18.0 Å². The Morgan fingerprint density at radius 2 is 1.96 bits per heavy atom. The normalized spacial score (nSPS) is 11.2. The summed E-state index contributed by atoms with van der Waals surface area (Å²) in [6, 6.07) is 7.96. The highest BCUT2D eigenvalue weighted by Crippen LogP contribution is 2.24. The van der Waals surface area contributed by atoms with E-state index in [0.717, 1.165) is 0 Å². The van der Waals surface area contributed by atoms with Gasteiger partial charge >= 0.3 is 6.55 Å². The van der Waals surface area contributed by atoms with Crippen LogP contribution in [0.15, 0.2) is 42.7 Å². The summed E-state index contributed by atoms with van der Waals surface area (Å²) in [6.45, 7) is 0.706. The molecule has 142 valence electrons. The first kappa shape index (κ1) is 18.8. The molecular formula is C19H19F3N4O. The number of benzene rings is 1. The number of aryl methyl sites for hydroxylation is 1. The Hall–Kier alpha value is -3.03. The van der Waals surface area contributed by atoms with Crippen LogP contribution in [-0.2, 0) is 6.54 Å². The van der Waals surface area contributed by atoms with Crippen molar-refractivity contribution in [2.24, 2.45) is 0 Å². The third-order valence-corrected chi connectivity index (χ3v) is 4.44. The zero-order chi connectivity index (χ0) is 19.7. The number of aromatic nitrogens is 3. The minimum Gasteiger partial charge on any atom is -0.334 e. The second-order valence-corrected chi connectivity index (χ2v) is 6.26. The van der Waals surface area contributed by atoms with Crippen molar-refractivity contribution in [3.8, 4) is 5.69 Å². The van der Waals surface area contributed by atoms with Crippen LogP contribution < -0.4 is 0 Å². The number of imidazole rings is 1. The average Bonchev–Trinajstić information content (AvgIpc) is 3.19. The first-order valence-corrected chi connectivity index (χ1v) is 8.30. The lowest BCUT2D eigenvalue weighted by molar-refractivity contribution is 0.0612. The van der Waals surface area contributed by atoms with Crippen molar-refractivity contribution in [2.75, 3.05) is 7.05 Å². The number of carbonyl (C=O) groups is 1. The van der Waals surface area contributed by atoms with E-state index >= 15 is 0 Å².